The summed E-state index contributed by atoms with van der Waals surface area (Å²) in [5, 5.41) is 12.5. The molecule has 0 aromatic heterocycles. The Bertz CT molecular complexity index is 304. The Morgan fingerprint density at radius 1 is 1.32 bits per heavy atom. The van der Waals surface area contributed by atoms with Crippen molar-refractivity contribution in [3.8, 4) is 0 Å². The van der Waals surface area contributed by atoms with E-state index in [1.165, 1.54) is 4.90 Å². The molecule has 0 saturated heterocycles. The van der Waals surface area contributed by atoms with E-state index in [-0.39, 0.29) is 18.6 Å². The first-order chi connectivity index (χ1) is 9.06. The molecular formula is C13H24N2O3S. The lowest BCUT2D eigenvalue weighted by Crippen LogP contribution is -2.48. The lowest BCUT2D eigenvalue weighted by molar-refractivity contribution is -0.137. The molecule has 0 aromatic carbocycles. The molecular weight excluding hydrogens is 264 g/mol. The highest BCUT2D eigenvalue weighted by Gasteiger charge is 2.24. The molecule has 1 saturated carbocycles. The van der Waals surface area contributed by atoms with Crippen LogP contribution in [-0.4, -0.2) is 52.6 Å². The molecule has 110 valence electrons. The predicted octanol–water partition coefficient (Wildman–Crippen LogP) is 2.17. The van der Waals surface area contributed by atoms with Gasteiger partial charge < -0.3 is 15.3 Å². The van der Waals surface area contributed by atoms with E-state index in [1.807, 2.05) is 18.7 Å². The summed E-state index contributed by atoms with van der Waals surface area (Å²) in [6.45, 7) is 2.20. The van der Waals surface area contributed by atoms with E-state index in [2.05, 4.69) is 11.6 Å². The fraction of sp³-hybridized carbons (Fsp3) is 0.846. The average molecular weight is 288 g/mol. The quantitative estimate of drug-likeness (QED) is 0.786. The Morgan fingerprint density at radius 3 is 2.42 bits per heavy atom. The van der Waals surface area contributed by atoms with Gasteiger partial charge in [0.1, 0.15) is 6.54 Å². The Balaban J connectivity index is 2.41. The molecule has 0 heterocycles. The van der Waals surface area contributed by atoms with E-state index in [9.17, 15) is 9.59 Å². The van der Waals surface area contributed by atoms with Crippen LogP contribution in [0.5, 0.6) is 0 Å². The fourth-order valence-electron chi connectivity index (χ4n) is 2.39. The minimum absolute atomic E-state index is 0.198. The maximum absolute atomic E-state index is 12.0. The van der Waals surface area contributed by atoms with E-state index in [1.54, 1.807) is 0 Å². The molecule has 0 atom stereocenters. The summed E-state index contributed by atoms with van der Waals surface area (Å²) in [5.41, 5.74) is 0. The van der Waals surface area contributed by atoms with E-state index in [0.717, 1.165) is 32.1 Å². The summed E-state index contributed by atoms with van der Waals surface area (Å²) in [4.78, 5) is 24.2. The van der Waals surface area contributed by atoms with Crippen LogP contribution >= 0.6 is 11.8 Å². The molecule has 1 rings (SSSR count). The van der Waals surface area contributed by atoms with Crippen molar-refractivity contribution in [3.63, 3.8) is 0 Å². The first-order valence-electron chi connectivity index (χ1n) is 6.86. The monoisotopic (exact) mass is 288 g/mol. The number of carbonyl (C=O) groups excluding carboxylic acids is 1. The van der Waals surface area contributed by atoms with Crippen molar-refractivity contribution in [1.82, 2.24) is 10.2 Å². The summed E-state index contributed by atoms with van der Waals surface area (Å²) in [6.07, 6.45) is 7.12. The maximum Gasteiger partial charge on any atom is 0.323 e. The highest BCUT2D eigenvalue weighted by molar-refractivity contribution is 7.99. The standard InChI is InChI=1S/C13H24N2O3S/c1-3-8-15(9-12(16)17)13(18)14-10-4-6-11(19-2)7-5-10/h10-11H,3-9H2,1-2H3,(H,14,18)(H,16,17). The molecule has 0 spiro atoms. The van der Waals surface area contributed by atoms with Crippen molar-refractivity contribution in [2.24, 2.45) is 0 Å². The third-order valence-electron chi connectivity index (χ3n) is 3.44. The van der Waals surface area contributed by atoms with Gasteiger partial charge in [-0.15, -0.1) is 0 Å². The molecule has 19 heavy (non-hydrogen) atoms. The summed E-state index contributed by atoms with van der Waals surface area (Å²) in [7, 11) is 0. The van der Waals surface area contributed by atoms with Crippen LogP contribution in [0.15, 0.2) is 0 Å². The summed E-state index contributed by atoms with van der Waals surface area (Å²) < 4.78 is 0. The van der Waals surface area contributed by atoms with Gasteiger partial charge in [-0.1, -0.05) is 6.92 Å². The van der Waals surface area contributed by atoms with Gasteiger partial charge in [-0.3, -0.25) is 4.79 Å². The van der Waals surface area contributed by atoms with E-state index in [0.29, 0.717) is 11.8 Å². The summed E-state index contributed by atoms with van der Waals surface area (Å²) >= 11 is 1.89. The van der Waals surface area contributed by atoms with Crippen molar-refractivity contribution >= 4 is 23.8 Å². The van der Waals surface area contributed by atoms with Crippen LogP contribution in [0.3, 0.4) is 0 Å². The van der Waals surface area contributed by atoms with Gasteiger partial charge in [0.25, 0.3) is 0 Å². The Labute approximate surface area is 119 Å². The first kappa shape index (κ1) is 16.1. The van der Waals surface area contributed by atoms with Crippen molar-refractivity contribution in [3.05, 3.63) is 0 Å². The van der Waals surface area contributed by atoms with Crippen molar-refractivity contribution in [2.45, 2.75) is 50.3 Å². The molecule has 6 heteroatoms. The van der Waals surface area contributed by atoms with Crippen LogP contribution in [0.2, 0.25) is 0 Å². The molecule has 0 aliphatic heterocycles. The number of amides is 2. The lowest BCUT2D eigenvalue weighted by atomic mass is 9.95. The van der Waals surface area contributed by atoms with Crippen molar-refractivity contribution < 1.29 is 14.7 Å². The molecule has 1 aliphatic carbocycles. The molecule has 0 unspecified atom stereocenters. The normalized spacial score (nSPS) is 22.8. The topological polar surface area (TPSA) is 69.6 Å². The minimum atomic E-state index is -0.963. The molecule has 1 aliphatic rings. The Morgan fingerprint density at radius 2 is 1.95 bits per heavy atom. The molecule has 2 N–H and O–H groups in total. The number of carbonyl (C=O) groups is 2. The zero-order valence-electron chi connectivity index (χ0n) is 11.7. The number of carboxylic acids is 1. The maximum atomic E-state index is 12.0. The fourth-order valence-corrected chi connectivity index (χ4v) is 3.14. The van der Waals surface area contributed by atoms with Gasteiger partial charge in [0.05, 0.1) is 0 Å². The van der Waals surface area contributed by atoms with Gasteiger partial charge in [0.15, 0.2) is 0 Å². The molecule has 0 radical (unpaired) electrons. The Hall–Kier alpha value is -0.910. The third-order valence-corrected chi connectivity index (χ3v) is 4.58. The number of rotatable bonds is 6. The van der Waals surface area contributed by atoms with Gasteiger partial charge in [-0.25, -0.2) is 4.79 Å². The highest BCUT2D eigenvalue weighted by Crippen LogP contribution is 2.26. The van der Waals surface area contributed by atoms with Crippen LogP contribution in [0.25, 0.3) is 0 Å². The zero-order valence-corrected chi connectivity index (χ0v) is 12.5. The van der Waals surface area contributed by atoms with Crippen LogP contribution in [0.1, 0.15) is 39.0 Å². The van der Waals surface area contributed by atoms with Crippen LogP contribution in [0.4, 0.5) is 4.79 Å². The second-order valence-electron chi connectivity index (χ2n) is 4.97. The smallest absolute Gasteiger partial charge is 0.323 e. The van der Waals surface area contributed by atoms with Crippen LogP contribution < -0.4 is 5.32 Å². The van der Waals surface area contributed by atoms with Crippen LogP contribution in [0, 0.1) is 0 Å². The average Bonchev–Trinajstić information content (AvgIpc) is 2.38. The number of thioether (sulfide) groups is 1. The van der Waals surface area contributed by atoms with Crippen molar-refractivity contribution in [2.75, 3.05) is 19.3 Å². The summed E-state index contributed by atoms with van der Waals surface area (Å²) in [5.74, 6) is -0.963. The van der Waals surface area contributed by atoms with Gasteiger partial charge in [-0.05, 0) is 38.4 Å². The molecule has 0 bridgehead atoms. The number of urea groups is 1. The number of hydrogen-bond acceptors (Lipinski definition) is 3. The first-order valence-corrected chi connectivity index (χ1v) is 8.15. The minimum Gasteiger partial charge on any atom is -0.480 e. The van der Waals surface area contributed by atoms with Gasteiger partial charge in [-0.2, -0.15) is 11.8 Å². The van der Waals surface area contributed by atoms with E-state index < -0.39 is 5.97 Å². The van der Waals surface area contributed by atoms with Gasteiger partial charge in [0, 0.05) is 17.8 Å². The number of hydrogen-bond donors (Lipinski definition) is 2. The number of carboxylic acid groups (broad SMARTS) is 1. The number of nitrogens with zero attached hydrogens (tertiary/aromatic N) is 1. The highest BCUT2D eigenvalue weighted by atomic mass is 32.2. The number of aliphatic carboxylic acids is 1. The van der Waals surface area contributed by atoms with E-state index in [4.69, 9.17) is 5.11 Å². The summed E-state index contributed by atoms with van der Waals surface area (Å²) in [6, 6.07) is -0.0408. The second kappa shape index (κ2) is 8.30. The van der Waals surface area contributed by atoms with Crippen molar-refractivity contribution in [1.29, 1.82) is 0 Å². The molecule has 0 aromatic rings. The second-order valence-corrected chi connectivity index (χ2v) is 6.11. The third kappa shape index (κ3) is 5.72. The predicted molar refractivity (Wildman–Crippen MR) is 77.6 cm³/mol. The van der Waals surface area contributed by atoms with Gasteiger partial charge >= 0.3 is 12.0 Å². The molecule has 5 nitrogen and oxygen atoms in total. The Kier molecular flexibility index (Phi) is 7.05. The van der Waals surface area contributed by atoms with E-state index >= 15 is 0 Å². The molecule has 2 amide bonds. The largest absolute Gasteiger partial charge is 0.480 e. The van der Waals surface area contributed by atoms with Gasteiger partial charge in [0.2, 0.25) is 0 Å². The zero-order chi connectivity index (χ0) is 14.3. The SMILES string of the molecule is CCCN(CC(=O)O)C(=O)NC1CCC(SC)CC1. The van der Waals surface area contributed by atoms with Crippen LogP contribution in [-0.2, 0) is 4.79 Å². The lowest BCUT2D eigenvalue weighted by Gasteiger charge is -2.30. The molecule has 1 fully saturated rings. The number of nitrogens with one attached hydrogen (secondary N) is 1.